The molecule has 0 fully saturated rings. The third-order valence-corrected chi connectivity index (χ3v) is 4.58. The van der Waals surface area contributed by atoms with Crippen molar-refractivity contribution in [1.82, 2.24) is 5.32 Å². The van der Waals surface area contributed by atoms with Crippen molar-refractivity contribution in [2.24, 2.45) is 0 Å². The minimum absolute atomic E-state index is 0.111. The van der Waals surface area contributed by atoms with Gasteiger partial charge in [-0.2, -0.15) is 0 Å². The van der Waals surface area contributed by atoms with Crippen LogP contribution < -0.4 is 5.32 Å². The molecule has 0 saturated heterocycles. The summed E-state index contributed by atoms with van der Waals surface area (Å²) in [5, 5.41) is 3.73. The van der Waals surface area contributed by atoms with Crippen molar-refractivity contribution in [3.8, 4) is 0 Å². The molecule has 3 heteroatoms. The number of hydrogen-bond acceptors (Lipinski definition) is 1. The normalized spacial score (nSPS) is 15.8. The summed E-state index contributed by atoms with van der Waals surface area (Å²) in [4.78, 5) is 0. The van der Waals surface area contributed by atoms with Gasteiger partial charge in [-0.15, -0.1) is 0 Å². The van der Waals surface area contributed by atoms with Gasteiger partial charge in [0.05, 0.1) is 11.1 Å². The van der Waals surface area contributed by atoms with Crippen molar-refractivity contribution in [1.29, 1.82) is 0 Å². The standard InChI is InChI=1S/C20H21ClFN/c21-18-13-7-12-17(20(18)22)19(14-15-8-3-1-4-9-15)23-16-10-5-2-6-11-16/h1,3-4,7-10,12-13,19,23H,2,5-6,11,14H2. The van der Waals surface area contributed by atoms with E-state index in [9.17, 15) is 4.39 Å². The van der Waals surface area contributed by atoms with Crippen molar-refractivity contribution in [2.45, 2.75) is 38.1 Å². The zero-order valence-electron chi connectivity index (χ0n) is 13.1. The third kappa shape index (κ3) is 4.14. The topological polar surface area (TPSA) is 12.0 Å². The fraction of sp³-hybridized carbons (Fsp3) is 0.300. The van der Waals surface area contributed by atoms with Crippen LogP contribution in [0.1, 0.15) is 42.9 Å². The zero-order valence-corrected chi connectivity index (χ0v) is 13.8. The first-order valence-corrected chi connectivity index (χ1v) is 8.55. The monoisotopic (exact) mass is 329 g/mol. The van der Waals surface area contributed by atoms with Crippen LogP contribution in [0, 0.1) is 5.82 Å². The van der Waals surface area contributed by atoms with E-state index in [2.05, 4.69) is 23.5 Å². The number of halogens is 2. The van der Waals surface area contributed by atoms with Crippen LogP contribution in [0.4, 0.5) is 4.39 Å². The Morgan fingerprint density at radius 2 is 1.87 bits per heavy atom. The highest BCUT2D eigenvalue weighted by molar-refractivity contribution is 6.30. The fourth-order valence-corrected chi connectivity index (χ4v) is 3.25. The molecule has 0 saturated carbocycles. The molecule has 0 aliphatic heterocycles. The molecule has 1 nitrogen and oxygen atoms in total. The van der Waals surface area contributed by atoms with Gasteiger partial charge in [-0.1, -0.05) is 60.1 Å². The molecule has 0 spiro atoms. The molecule has 1 unspecified atom stereocenters. The lowest BCUT2D eigenvalue weighted by atomic mass is 9.96. The highest BCUT2D eigenvalue weighted by Crippen LogP contribution is 2.28. The van der Waals surface area contributed by atoms with Gasteiger partial charge in [0, 0.05) is 11.3 Å². The van der Waals surface area contributed by atoms with Gasteiger partial charge in [0.15, 0.2) is 0 Å². The average molecular weight is 330 g/mol. The van der Waals surface area contributed by atoms with Crippen molar-refractivity contribution in [3.63, 3.8) is 0 Å². The lowest BCUT2D eigenvalue weighted by Crippen LogP contribution is -2.25. The van der Waals surface area contributed by atoms with Gasteiger partial charge in [-0.05, 0) is 43.7 Å². The van der Waals surface area contributed by atoms with Crippen LogP contribution in [0.5, 0.6) is 0 Å². The van der Waals surface area contributed by atoms with Gasteiger partial charge in [0.2, 0.25) is 0 Å². The van der Waals surface area contributed by atoms with E-state index in [4.69, 9.17) is 11.6 Å². The second kappa shape index (κ2) is 7.65. The Morgan fingerprint density at radius 3 is 2.61 bits per heavy atom. The second-order valence-electron chi connectivity index (χ2n) is 6.00. The molecule has 1 atom stereocenters. The summed E-state index contributed by atoms with van der Waals surface area (Å²) in [5.74, 6) is -0.320. The molecule has 2 aromatic carbocycles. The van der Waals surface area contributed by atoms with E-state index in [1.807, 2.05) is 30.3 Å². The summed E-state index contributed by atoms with van der Waals surface area (Å²) in [6.07, 6.45) is 7.53. The highest BCUT2D eigenvalue weighted by Gasteiger charge is 2.19. The quantitative estimate of drug-likeness (QED) is 0.729. The maximum absolute atomic E-state index is 14.5. The SMILES string of the molecule is Fc1c(Cl)cccc1C(Cc1ccccc1)NC1=CCCCC1. The third-order valence-electron chi connectivity index (χ3n) is 4.29. The van der Waals surface area contributed by atoms with E-state index in [-0.39, 0.29) is 16.9 Å². The molecule has 1 aliphatic rings. The number of benzene rings is 2. The Morgan fingerprint density at radius 1 is 1.04 bits per heavy atom. The van der Waals surface area contributed by atoms with Gasteiger partial charge in [-0.3, -0.25) is 0 Å². The van der Waals surface area contributed by atoms with Crippen LogP contribution in [-0.4, -0.2) is 0 Å². The van der Waals surface area contributed by atoms with Crippen LogP contribution in [-0.2, 0) is 6.42 Å². The van der Waals surface area contributed by atoms with Gasteiger partial charge in [0.1, 0.15) is 5.82 Å². The number of nitrogens with one attached hydrogen (secondary N) is 1. The molecule has 0 amide bonds. The summed E-state index contributed by atoms with van der Waals surface area (Å²) in [6, 6.07) is 15.3. The molecule has 0 bridgehead atoms. The van der Waals surface area contributed by atoms with Gasteiger partial charge >= 0.3 is 0 Å². The second-order valence-corrected chi connectivity index (χ2v) is 6.41. The lowest BCUT2D eigenvalue weighted by Gasteiger charge is -2.25. The van der Waals surface area contributed by atoms with E-state index >= 15 is 0 Å². The van der Waals surface area contributed by atoms with E-state index in [0.717, 1.165) is 19.3 Å². The number of hydrogen-bond donors (Lipinski definition) is 1. The van der Waals surface area contributed by atoms with Gasteiger partial charge < -0.3 is 5.32 Å². The maximum atomic E-state index is 14.5. The maximum Gasteiger partial charge on any atom is 0.147 e. The first-order valence-electron chi connectivity index (χ1n) is 8.17. The Labute approximate surface area is 142 Å². The molecule has 2 aromatic rings. The van der Waals surface area contributed by atoms with Crippen molar-refractivity contribution >= 4 is 11.6 Å². The summed E-state index contributed by atoms with van der Waals surface area (Å²) in [5.41, 5.74) is 3.03. The average Bonchev–Trinajstić information content (AvgIpc) is 2.59. The molecule has 1 aliphatic carbocycles. The van der Waals surface area contributed by atoms with E-state index < -0.39 is 0 Å². The minimum atomic E-state index is -0.320. The van der Waals surface area contributed by atoms with Crippen LogP contribution in [0.3, 0.4) is 0 Å². The Bertz CT molecular complexity index is 681. The Kier molecular flexibility index (Phi) is 5.35. The number of rotatable bonds is 5. The van der Waals surface area contributed by atoms with Crippen LogP contribution in [0.25, 0.3) is 0 Å². The van der Waals surface area contributed by atoms with Crippen LogP contribution in [0.15, 0.2) is 60.3 Å². The predicted octanol–water partition coefficient (Wildman–Crippen LogP) is 5.81. The first kappa shape index (κ1) is 16.1. The smallest absolute Gasteiger partial charge is 0.147 e. The van der Waals surface area contributed by atoms with Crippen molar-refractivity contribution in [2.75, 3.05) is 0 Å². The zero-order chi connectivity index (χ0) is 16.1. The molecule has 0 aromatic heterocycles. The summed E-state index contributed by atoms with van der Waals surface area (Å²) in [6.45, 7) is 0. The van der Waals surface area contributed by atoms with E-state index in [0.29, 0.717) is 5.56 Å². The van der Waals surface area contributed by atoms with E-state index in [1.165, 1.54) is 24.1 Å². The summed E-state index contributed by atoms with van der Waals surface area (Å²) >= 11 is 5.99. The molecule has 120 valence electrons. The molecular weight excluding hydrogens is 309 g/mol. The molecule has 0 radical (unpaired) electrons. The largest absolute Gasteiger partial charge is 0.381 e. The molecule has 1 N–H and O–H groups in total. The summed E-state index contributed by atoms with van der Waals surface area (Å²) in [7, 11) is 0. The molecule has 23 heavy (non-hydrogen) atoms. The Hall–Kier alpha value is -1.80. The van der Waals surface area contributed by atoms with Crippen LogP contribution >= 0.6 is 11.6 Å². The van der Waals surface area contributed by atoms with Crippen molar-refractivity contribution in [3.05, 3.63) is 82.3 Å². The van der Waals surface area contributed by atoms with E-state index in [1.54, 1.807) is 6.07 Å². The lowest BCUT2D eigenvalue weighted by molar-refractivity contribution is 0.514. The van der Waals surface area contributed by atoms with Crippen molar-refractivity contribution < 1.29 is 4.39 Å². The first-order chi connectivity index (χ1) is 11.2. The molecule has 0 heterocycles. The van der Waals surface area contributed by atoms with Gasteiger partial charge in [-0.25, -0.2) is 4.39 Å². The predicted molar refractivity (Wildman–Crippen MR) is 94.0 cm³/mol. The number of allylic oxidation sites excluding steroid dienone is 2. The fourth-order valence-electron chi connectivity index (χ4n) is 3.07. The molecular formula is C20H21ClFN. The van der Waals surface area contributed by atoms with Gasteiger partial charge in [0.25, 0.3) is 0 Å². The Balaban J connectivity index is 1.89. The summed E-state index contributed by atoms with van der Waals surface area (Å²) < 4.78 is 14.5. The van der Waals surface area contributed by atoms with Crippen LogP contribution in [0.2, 0.25) is 5.02 Å². The highest BCUT2D eigenvalue weighted by atomic mass is 35.5. The minimum Gasteiger partial charge on any atom is -0.381 e. The molecule has 3 rings (SSSR count).